The summed E-state index contributed by atoms with van der Waals surface area (Å²) in [6.07, 6.45) is 0. The van der Waals surface area contributed by atoms with Crippen molar-refractivity contribution >= 4 is 59.8 Å². The minimum Gasteiger partial charge on any atom is -0.268 e. The van der Waals surface area contributed by atoms with Crippen molar-refractivity contribution in [2.24, 2.45) is 0 Å². The second-order valence-electron chi connectivity index (χ2n) is 12.6. The zero-order valence-electron chi connectivity index (χ0n) is 26.3. The number of hydrogen-bond donors (Lipinski definition) is 0. The van der Waals surface area contributed by atoms with Gasteiger partial charge < -0.3 is 0 Å². The van der Waals surface area contributed by atoms with E-state index in [0.717, 1.165) is 38.7 Å². The smallest absolute Gasteiger partial charge is 0.267 e. The van der Waals surface area contributed by atoms with Gasteiger partial charge >= 0.3 is 0 Å². The number of aromatic nitrogens is 3. The van der Waals surface area contributed by atoms with Gasteiger partial charge in [-0.15, -0.1) is 0 Å². The molecule has 10 rings (SSSR count). The highest BCUT2D eigenvalue weighted by Gasteiger charge is 2.16. The lowest BCUT2D eigenvalue weighted by molar-refractivity contribution is 1.05. The van der Waals surface area contributed by atoms with Gasteiger partial charge in [0.15, 0.2) is 5.65 Å². The molecule has 0 unspecified atom stereocenters. The maximum Gasteiger partial charge on any atom is 0.267 e. The predicted molar refractivity (Wildman–Crippen MR) is 203 cm³/mol. The molecule has 0 aliphatic heterocycles. The zero-order valence-corrected chi connectivity index (χ0v) is 26.3. The van der Waals surface area contributed by atoms with Crippen LogP contribution in [0.3, 0.4) is 0 Å². The molecule has 0 spiro atoms. The van der Waals surface area contributed by atoms with Crippen molar-refractivity contribution in [3.63, 3.8) is 0 Å². The summed E-state index contributed by atoms with van der Waals surface area (Å²) < 4.78 is 1.67. The lowest BCUT2D eigenvalue weighted by Crippen LogP contribution is -2.19. The Bertz CT molecular complexity index is 2980. The molecule has 49 heavy (non-hydrogen) atoms. The summed E-state index contributed by atoms with van der Waals surface area (Å²) in [4.78, 5) is 24.4. The fraction of sp³-hybridized carbons (Fsp3) is 0. The average molecular weight is 626 g/mol. The summed E-state index contributed by atoms with van der Waals surface area (Å²) in [5.41, 5.74) is 7.05. The van der Waals surface area contributed by atoms with E-state index in [1.165, 1.54) is 32.3 Å². The quantitative estimate of drug-likeness (QED) is 0.145. The first-order valence-electron chi connectivity index (χ1n) is 16.5. The Hall–Kier alpha value is -6.65. The van der Waals surface area contributed by atoms with Crippen LogP contribution < -0.4 is 5.56 Å². The molecular weight excluding hydrogens is 599 g/mol. The molecule has 0 aliphatic carbocycles. The van der Waals surface area contributed by atoms with E-state index in [1.807, 2.05) is 66.7 Å². The second-order valence-corrected chi connectivity index (χ2v) is 12.6. The van der Waals surface area contributed by atoms with Crippen LogP contribution in [0.1, 0.15) is 0 Å². The van der Waals surface area contributed by atoms with Crippen LogP contribution in [0.5, 0.6) is 0 Å². The Morgan fingerprint density at radius 1 is 0.347 bits per heavy atom. The largest absolute Gasteiger partial charge is 0.268 e. The molecule has 0 bridgehead atoms. The van der Waals surface area contributed by atoms with Crippen molar-refractivity contribution in [1.29, 1.82) is 0 Å². The lowest BCUT2D eigenvalue weighted by Gasteiger charge is -2.13. The standard InChI is InChI=1S/C45H27N3O/c49-45-40-27-32(22-24-42(40)47-44-38-19-8-9-20-41(38)46-43(48(44)45)28-11-2-1-3-12-28)30-14-10-13-29(25-30)31-21-23-37-35-17-5-4-15-33(35)34-16-6-7-18-36(34)39(37)26-31/h1-27H. The summed E-state index contributed by atoms with van der Waals surface area (Å²) in [5, 5.41) is 8.94. The summed E-state index contributed by atoms with van der Waals surface area (Å²) >= 11 is 0. The number of para-hydroxylation sites is 1. The van der Waals surface area contributed by atoms with E-state index in [9.17, 15) is 4.79 Å². The van der Waals surface area contributed by atoms with Gasteiger partial charge in [-0.25, -0.2) is 14.4 Å². The molecular formula is C45H27N3O. The van der Waals surface area contributed by atoms with Gasteiger partial charge in [0.2, 0.25) is 0 Å². The first kappa shape index (κ1) is 27.5. The van der Waals surface area contributed by atoms with Crippen molar-refractivity contribution < 1.29 is 0 Å². The second kappa shape index (κ2) is 10.7. The minimum atomic E-state index is -0.135. The van der Waals surface area contributed by atoms with E-state index >= 15 is 0 Å². The summed E-state index contributed by atoms with van der Waals surface area (Å²) in [7, 11) is 0. The van der Waals surface area contributed by atoms with Gasteiger partial charge in [0, 0.05) is 10.9 Å². The molecule has 0 aliphatic rings. The van der Waals surface area contributed by atoms with Gasteiger partial charge in [-0.2, -0.15) is 0 Å². The van der Waals surface area contributed by atoms with Crippen LogP contribution in [0.15, 0.2) is 169 Å². The van der Waals surface area contributed by atoms with Crippen molar-refractivity contribution in [2.45, 2.75) is 0 Å². The third-order valence-electron chi connectivity index (χ3n) is 9.76. The third kappa shape index (κ3) is 4.28. The van der Waals surface area contributed by atoms with Crippen LogP contribution in [0.25, 0.3) is 93.4 Å². The van der Waals surface area contributed by atoms with Crippen molar-refractivity contribution in [3.8, 4) is 33.6 Å². The number of benzene rings is 8. The molecule has 4 heteroatoms. The van der Waals surface area contributed by atoms with Crippen molar-refractivity contribution in [3.05, 3.63) is 174 Å². The zero-order chi connectivity index (χ0) is 32.5. The Kier molecular flexibility index (Phi) is 5.99. The Morgan fingerprint density at radius 2 is 0.837 bits per heavy atom. The lowest BCUT2D eigenvalue weighted by atomic mass is 9.91. The molecule has 0 amide bonds. The van der Waals surface area contributed by atoms with Gasteiger partial charge in [-0.1, -0.05) is 127 Å². The summed E-state index contributed by atoms with van der Waals surface area (Å²) in [5.74, 6) is 0.581. The van der Waals surface area contributed by atoms with Crippen molar-refractivity contribution in [2.75, 3.05) is 0 Å². The normalized spacial score (nSPS) is 11.8. The van der Waals surface area contributed by atoms with E-state index in [-0.39, 0.29) is 5.56 Å². The number of nitrogens with zero attached hydrogens (tertiary/aromatic N) is 3. The maximum absolute atomic E-state index is 14.4. The fourth-order valence-electron chi connectivity index (χ4n) is 7.41. The fourth-order valence-corrected chi connectivity index (χ4v) is 7.41. The van der Waals surface area contributed by atoms with Crippen LogP contribution in [0.4, 0.5) is 0 Å². The molecule has 4 nitrogen and oxygen atoms in total. The Labute approximate surface area is 281 Å². The first-order valence-corrected chi connectivity index (χ1v) is 16.5. The van der Waals surface area contributed by atoms with Gasteiger partial charge in [0.05, 0.1) is 16.4 Å². The Balaban J connectivity index is 1.15. The highest BCUT2D eigenvalue weighted by Crippen LogP contribution is 2.38. The first-order chi connectivity index (χ1) is 24.2. The number of hydrogen-bond acceptors (Lipinski definition) is 3. The van der Waals surface area contributed by atoms with E-state index < -0.39 is 0 Å². The molecule has 2 aromatic heterocycles. The highest BCUT2D eigenvalue weighted by atomic mass is 16.1. The highest BCUT2D eigenvalue weighted by molar-refractivity contribution is 6.25. The molecule has 0 radical (unpaired) electrons. The molecule has 0 saturated carbocycles. The van der Waals surface area contributed by atoms with Crippen LogP contribution >= 0.6 is 0 Å². The molecule has 10 aromatic rings. The van der Waals surface area contributed by atoms with Crippen LogP contribution in [0.2, 0.25) is 0 Å². The topological polar surface area (TPSA) is 47.3 Å². The molecule has 0 N–H and O–H groups in total. The average Bonchev–Trinajstić information content (AvgIpc) is 3.18. The molecule has 0 atom stereocenters. The molecule has 2 heterocycles. The van der Waals surface area contributed by atoms with E-state index in [2.05, 4.69) is 97.1 Å². The van der Waals surface area contributed by atoms with E-state index in [4.69, 9.17) is 9.97 Å². The Morgan fingerprint density at radius 3 is 1.53 bits per heavy atom. The van der Waals surface area contributed by atoms with Crippen molar-refractivity contribution in [1.82, 2.24) is 14.4 Å². The van der Waals surface area contributed by atoms with Gasteiger partial charge in [0.25, 0.3) is 5.56 Å². The van der Waals surface area contributed by atoms with Gasteiger partial charge in [-0.05, 0) is 91.0 Å². The molecule has 0 fully saturated rings. The number of fused-ring (bicyclic) bond motifs is 10. The van der Waals surface area contributed by atoms with Crippen LogP contribution in [-0.2, 0) is 0 Å². The van der Waals surface area contributed by atoms with E-state index in [0.29, 0.717) is 22.4 Å². The predicted octanol–water partition coefficient (Wildman–Crippen LogP) is 10.9. The van der Waals surface area contributed by atoms with Gasteiger partial charge in [-0.3, -0.25) is 4.79 Å². The third-order valence-corrected chi connectivity index (χ3v) is 9.76. The maximum atomic E-state index is 14.4. The van der Waals surface area contributed by atoms with E-state index in [1.54, 1.807) is 4.40 Å². The summed E-state index contributed by atoms with van der Waals surface area (Å²) in [6, 6.07) is 56.4. The molecule has 0 saturated heterocycles. The van der Waals surface area contributed by atoms with Gasteiger partial charge in [0.1, 0.15) is 5.82 Å². The minimum absolute atomic E-state index is 0.135. The van der Waals surface area contributed by atoms with Crippen LogP contribution in [0, 0.1) is 0 Å². The molecule has 228 valence electrons. The van der Waals surface area contributed by atoms with Crippen LogP contribution in [-0.4, -0.2) is 14.4 Å². The SMILES string of the molecule is O=c1c2cc(-c3cccc(-c4ccc5c6ccccc6c6ccccc6c5c4)c3)ccc2nc2c3ccccc3nc(-c3ccccc3)n12. The monoisotopic (exact) mass is 625 g/mol. The molecule has 8 aromatic carbocycles. The summed E-state index contributed by atoms with van der Waals surface area (Å²) in [6.45, 7) is 0. The number of rotatable bonds is 3.